The highest BCUT2D eigenvalue weighted by molar-refractivity contribution is 6.09. The van der Waals surface area contributed by atoms with Gasteiger partial charge < -0.3 is 20.9 Å². The van der Waals surface area contributed by atoms with Crippen LogP contribution in [-0.2, 0) is 21.5 Å². The van der Waals surface area contributed by atoms with Gasteiger partial charge >= 0.3 is 6.03 Å². The highest BCUT2D eigenvalue weighted by Gasteiger charge is 2.55. The predicted octanol–water partition coefficient (Wildman–Crippen LogP) is -0.209. The number of imide groups is 1. The van der Waals surface area contributed by atoms with Crippen molar-refractivity contribution >= 4 is 17.8 Å². The summed E-state index contributed by atoms with van der Waals surface area (Å²) in [7, 11) is 0. The summed E-state index contributed by atoms with van der Waals surface area (Å²) in [6.45, 7) is 5.31. The monoisotopic (exact) mass is 385 g/mol. The molecule has 3 N–H and O–H groups in total. The average Bonchev–Trinajstić information content (AvgIpc) is 3.20. The van der Waals surface area contributed by atoms with E-state index in [4.69, 9.17) is 0 Å². The number of amides is 4. The smallest absolute Gasteiger partial charge is 0.325 e. The highest BCUT2D eigenvalue weighted by Crippen LogP contribution is 2.41. The first-order valence-corrected chi connectivity index (χ1v) is 10.0. The van der Waals surface area contributed by atoms with Crippen molar-refractivity contribution in [3.05, 3.63) is 35.4 Å². The summed E-state index contributed by atoms with van der Waals surface area (Å²) in [6, 6.07) is 7.19. The minimum Gasteiger partial charge on any atom is -0.354 e. The molecule has 1 spiro atoms. The number of carbonyl (C=O) groups excluding carboxylic acids is 3. The number of nitrogens with zero attached hydrogens (tertiary/aromatic N) is 2. The molecule has 4 amide bonds. The molecule has 0 saturated carbocycles. The summed E-state index contributed by atoms with van der Waals surface area (Å²) in [5.74, 6) is -0.620. The SMILES string of the molecule is O=C(CN1C(=O)NC2(CCc3ccccc32)C1=O)NCCCN1CCNCC1. The molecule has 1 aromatic carbocycles. The van der Waals surface area contributed by atoms with Crippen LogP contribution in [0.25, 0.3) is 0 Å². The molecular formula is C20H27N5O3. The molecule has 2 heterocycles. The van der Waals surface area contributed by atoms with Crippen LogP contribution in [0.4, 0.5) is 4.79 Å². The summed E-state index contributed by atoms with van der Waals surface area (Å²) in [5.41, 5.74) is 0.929. The van der Waals surface area contributed by atoms with Crippen LogP contribution in [0.15, 0.2) is 24.3 Å². The maximum absolute atomic E-state index is 13.0. The summed E-state index contributed by atoms with van der Waals surface area (Å²) >= 11 is 0. The molecule has 0 aromatic heterocycles. The van der Waals surface area contributed by atoms with E-state index in [0.29, 0.717) is 13.0 Å². The summed E-state index contributed by atoms with van der Waals surface area (Å²) < 4.78 is 0. The molecule has 1 aliphatic carbocycles. The van der Waals surface area contributed by atoms with Crippen molar-refractivity contribution in [2.24, 2.45) is 0 Å². The third-order valence-electron chi connectivity index (χ3n) is 5.91. The molecule has 4 rings (SSSR count). The topological polar surface area (TPSA) is 93.8 Å². The molecular weight excluding hydrogens is 358 g/mol. The van der Waals surface area contributed by atoms with Gasteiger partial charge in [0.2, 0.25) is 5.91 Å². The Morgan fingerprint density at radius 1 is 1.18 bits per heavy atom. The van der Waals surface area contributed by atoms with Crippen molar-refractivity contribution < 1.29 is 14.4 Å². The molecule has 2 aliphatic heterocycles. The molecule has 3 aliphatic rings. The van der Waals surface area contributed by atoms with Gasteiger partial charge in [-0.25, -0.2) is 4.79 Å². The molecule has 1 aromatic rings. The highest BCUT2D eigenvalue weighted by atomic mass is 16.2. The van der Waals surface area contributed by atoms with Crippen molar-refractivity contribution in [3.63, 3.8) is 0 Å². The van der Waals surface area contributed by atoms with Crippen molar-refractivity contribution in [2.45, 2.75) is 24.8 Å². The van der Waals surface area contributed by atoms with Crippen LogP contribution in [0, 0.1) is 0 Å². The summed E-state index contributed by atoms with van der Waals surface area (Å²) in [6.07, 6.45) is 2.14. The average molecular weight is 385 g/mol. The zero-order chi connectivity index (χ0) is 19.6. The Balaban J connectivity index is 1.29. The molecule has 2 fully saturated rings. The number of fused-ring (bicyclic) bond motifs is 2. The van der Waals surface area contributed by atoms with Gasteiger partial charge in [-0.1, -0.05) is 24.3 Å². The first-order valence-electron chi connectivity index (χ1n) is 10.0. The molecule has 8 nitrogen and oxygen atoms in total. The van der Waals surface area contributed by atoms with Crippen molar-refractivity contribution in [3.8, 4) is 0 Å². The second kappa shape index (κ2) is 7.89. The summed E-state index contributed by atoms with van der Waals surface area (Å²) in [5, 5.41) is 8.99. The number of benzene rings is 1. The van der Waals surface area contributed by atoms with Gasteiger partial charge in [-0.3, -0.25) is 14.5 Å². The molecule has 1 atom stereocenters. The minimum absolute atomic E-state index is 0.234. The Bertz CT molecular complexity index is 777. The number of rotatable bonds is 6. The van der Waals surface area contributed by atoms with Gasteiger partial charge in [0, 0.05) is 32.7 Å². The Morgan fingerprint density at radius 2 is 1.96 bits per heavy atom. The third kappa shape index (κ3) is 3.49. The van der Waals surface area contributed by atoms with E-state index in [1.807, 2.05) is 24.3 Å². The van der Waals surface area contributed by atoms with Gasteiger partial charge in [0.05, 0.1) is 0 Å². The molecule has 8 heteroatoms. The Hall–Kier alpha value is -2.45. The van der Waals surface area contributed by atoms with Crippen LogP contribution in [-0.4, -0.2) is 73.5 Å². The maximum atomic E-state index is 13.0. The van der Waals surface area contributed by atoms with Gasteiger partial charge in [-0.05, 0) is 36.9 Å². The predicted molar refractivity (Wildman–Crippen MR) is 104 cm³/mol. The van der Waals surface area contributed by atoms with E-state index in [1.165, 1.54) is 0 Å². The fraction of sp³-hybridized carbons (Fsp3) is 0.550. The Kier molecular flexibility index (Phi) is 5.32. The molecule has 2 saturated heterocycles. The first-order chi connectivity index (χ1) is 13.6. The molecule has 0 bridgehead atoms. The van der Waals surface area contributed by atoms with Gasteiger partial charge in [0.15, 0.2) is 0 Å². The third-order valence-corrected chi connectivity index (χ3v) is 5.91. The normalized spacial score (nSPS) is 24.5. The van der Waals surface area contributed by atoms with Crippen molar-refractivity contribution in [1.82, 2.24) is 25.8 Å². The van der Waals surface area contributed by atoms with Crippen LogP contribution >= 0.6 is 0 Å². The fourth-order valence-electron chi connectivity index (χ4n) is 4.40. The number of urea groups is 1. The van der Waals surface area contributed by atoms with E-state index in [9.17, 15) is 14.4 Å². The maximum Gasteiger partial charge on any atom is 0.325 e. The molecule has 1 unspecified atom stereocenters. The van der Waals surface area contributed by atoms with Crippen LogP contribution in [0.2, 0.25) is 0 Å². The number of hydrogen-bond acceptors (Lipinski definition) is 5. The van der Waals surface area contributed by atoms with E-state index in [0.717, 1.165) is 61.6 Å². The quantitative estimate of drug-likeness (QED) is 0.466. The van der Waals surface area contributed by atoms with Gasteiger partial charge in [0.25, 0.3) is 5.91 Å². The van der Waals surface area contributed by atoms with Crippen molar-refractivity contribution in [1.29, 1.82) is 0 Å². The number of nitrogens with one attached hydrogen (secondary N) is 3. The van der Waals surface area contributed by atoms with E-state index in [1.54, 1.807) is 0 Å². The van der Waals surface area contributed by atoms with E-state index in [-0.39, 0.29) is 18.4 Å². The Morgan fingerprint density at radius 3 is 2.79 bits per heavy atom. The van der Waals surface area contributed by atoms with E-state index >= 15 is 0 Å². The van der Waals surface area contributed by atoms with Gasteiger partial charge in [-0.15, -0.1) is 0 Å². The van der Waals surface area contributed by atoms with Crippen LogP contribution in [0.5, 0.6) is 0 Å². The van der Waals surface area contributed by atoms with Crippen LogP contribution < -0.4 is 16.0 Å². The fourth-order valence-corrected chi connectivity index (χ4v) is 4.40. The lowest BCUT2D eigenvalue weighted by atomic mass is 9.92. The van der Waals surface area contributed by atoms with Gasteiger partial charge in [0.1, 0.15) is 12.1 Å². The lowest BCUT2D eigenvalue weighted by Gasteiger charge is -2.27. The second-order valence-corrected chi connectivity index (χ2v) is 7.68. The first kappa shape index (κ1) is 18.9. The summed E-state index contributed by atoms with van der Waals surface area (Å²) in [4.78, 5) is 41.1. The number of aryl methyl sites for hydroxylation is 1. The number of piperazine rings is 1. The lowest BCUT2D eigenvalue weighted by Crippen LogP contribution is -2.45. The number of carbonyl (C=O) groups is 3. The zero-order valence-electron chi connectivity index (χ0n) is 16.0. The molecule has 28 heavy (non-hydrogen) atoms. The van der Waals surface area contributed by atoms with Crippen molar-refractivity contribution in [2.75, 3.05) is 45.8 Å². The van der Waals surface area contributed by atoms with E-state index in [2.05, 4.69) is 20.9 Å². The van der Waals surface area contributed by atoms with Crippen LogP contribution in [0.3, 0.4) is 0 Å². The molecule has 150 valence electrons. The van der Waals surface area contributed by atoms with E-state index < -0.39 is 11.6 Å². The Labute approximate surface area is 164 Å². The van der Waals surface area contributed by atoms with Crippen LogP contribution in [0.1, 0.15) is 24.0 Å². The molecule has 0 radical (unpaired) electrons. The van der Waals surface area contributed by atoms with Gasteiger partial charge in [-0.2, -0.15) is 0 Å². The lowest BCUT2D eigenvalue weighted by molar-refractivity contribution is -0.135. The minimum atomic E-state index is -1.00. The standard InChI is InChI=1S/C20H27N5O3/c26-17(22-8-3-11-24-12-9-21-10-13-24)14-25-18(27)20(23-19(25)28)7-6-15-4-1-2-5-16(15)20/h1-2,4-5,21H,3,6-14H2,(H,22,26)(H,23,28). The largest absolute Gasteiger partial charge is 0.354 e. The zero-order valence-corrected chi connectivity index (χ0v) is 16.0. The number of hydrogen-bond donors (Lipinski definition) is 3. The second-order valence-electron chi connectivity index (χ2n) is 7.68.